The summed E-state index contributed by atoms with van der Waals surface area (Å²) in [6.07, 6.45) is 8.33. The highest BCUT2D eigenvalue weighted by molar-refractivity contribution is 5.85. The summed E-state index contributed by atoms with van der Waals surface area (Å²) in [7, 11) is 0. The van der Waals surface area contributed by atoms with Crippen LogP contribution >= 0.6 is 12.4 Å². The van der Waals surface area contributed by atoms with Gasteiger partial charge in [-0.25, -0.2) is 9.97 Å². The average molecular weight is 509 g/mol. The van der Waals surface area contributed by atoms with E-state index in [-0.39, 0.29) is 12.4 Å². The molecule has 0 amide bonds. The Balaban J connectivity index is 0.00000304. The van der Waals surface area contributed by atoms with Gasteiger partial charge >= 0.3 is 0 Å². The zero-order valence-corrected chi connectivity index (χ0v) is 21.2. The number of nitrogens with zero attached hydrogens (tertiary/aromatic N) is 3. The fourth-order valence-corrected chi connectivity index (χ4v) is 4.35. The van der Waals surface area contributed by atoms with Gasteiger partial charge in [0, 0.05) is 29.6 Å². The van der Waals surface area contributed by atoms with Gasteiger partial charge < -0.3 is 19.5 Å². The van der Waals surface area contributed by atoms with E-state index in [1.54, 1.807) is 6.20 Å². The molecule has 6 bridgehead atoms. The van der Waals surface area contributed by atoms with Crippen LogP contribution in [-0.2, 0) is 22.7 Å². The van der Waals surface area contributed by atoms with Crippen LogP contribution in [0.1, 0.15) is 24.0 Å². The first-order valence-electron chi connectivity index (χ1n) is 12.3. The second-order valence-electron chi connectivity index (χ2n) is 8.81. The van der Waals surface area contributed by atoms with Gasteiger partial charge in [-0.05, 0) is 61.8 Å². The number of nitrogens with one attached hydrogen (secondary N) is 1. The average Bonchev–Trinajstić information content (AvgIpc) is 3.40. The van der Waals surface area contributed by atoms with Gasteiger partial charge in [0.15, 0.2) is 0 Å². The molecule has 0 atom stereocenters. The predicted octanol–water partition coefficient (Wildman–Crippen LogP) is 5.39. The molecule has 8 heteroatoms. The van der Waals surface area contributed by atoms with Crippen LogP contribution in [0.5, 0.6) is 5.75 Å². The molecule has 0 aliphatic carbocycles. The summed E-state index contributed by atoms with van der Waals surface area (Å²) in [4.78, 5) is 11.6. The normalized spacial score (nSPS) is 17.2. The van der Waals surface area contributed by atoms with Gasteiger partial charge in [0.1, 0.15) is 12.4 Å². The molecule has 2 aromatic carbocycles. The molecule has 190 valence electrons. The van der Waals surface area contributed by atoms with Gasteiger partial charge in [0.05, 0.1) is 32.1 Å². The van der Waals surface area contributed by atoms with Crippen LogP contribution in [0, 0.1) is 0 Å². The van der Waals surface area contributed by atoms with Crippen LogP contribution in [0.2, 0.25) is 0 Å². The van der Waals surface area contributed by atoms with E-state index in [1.807, 2.05) is 36.4 Å². The molecule has 2 aliphatic heterocycles. The first-order chi connectivity index (χ1) is 17.3. The van der Waals surface area contributed by atoms with Gasteiger partial charge in [0.25, 0.3) is 0 Å². The minimum absolute atomic E-state index is 0. The third kappa shape index (κ3) is 7.27. The topological polar surface area (TPSA) is 68.7 Å². The number of hydrogen-bond acceptors (Lipinski definition) is 7. The Morgan fingerprint density at radius 3 is 2.64 bits per heavy atom. The lowest BCUT2D eigenvalue weighted by molar-refractivity contribution is 0.138. The third-order valence-corrected chi connectivity index (χ3v) is 6.18. The summed E-state index contributed by atoms with van der Waals surface area (Å²) in [6.45, 7) is 5.99. The SMILES string of the molecule is C1=C/COCc2cc(ccc2OCCN2CCCC2)Nc2nccc(n2)-c2cccc(c2)COC/1.Cl. The molecular weight excluding hydrogens is 476 g/mol. The van der Waals surface area contributed by atoms with Crippen molar-refractivity contribution in [1.82, 2.24) is 14.9 Å². The summed E-state index contributed by atoms with van der Waals surface area (Å²) in [5.41, 5.74) is 4.88. The van der Waals surface area contributed by atoms with Gasteiger partial charge in [-0.1, -0.05) is 30.4 Å². The quantitative estimate of drug-likeness (QED) is 0.474. The molecule has 1 saturated heterocycles. The smallest absolute Gasteiger partial charge is 0.227 e. The molecule has 0 spiro atoms. The molecule has 3 aromatic rings. The van der Waals surface area contributed by atoms with Crippen LogP contribution in [0.3, 0.4) is 0 Å². The van der Waals surface area contributed by atoms with Gasteiger partial charge in [-0.3, -0.25) is 4.90 Å². The van der Waals surface area contributed by atoms with Crippen molar-refractivity contribution in [3.63, 3.8) is 0 Å². The number of likely N-dealkylation sites (tertiary alicyclic amines) is 1. The molecule has 1 fully saturated rings. The number of ether oxygens (including phenoxy) is 3. The van der Waals surface area contributed by atoms with E-state index < -0.39 is 0 Å². The first-order valence-corrected chi connectivity index (χ1v) is 12.3. The number of aromatic nitrogens is 2. The lowest BCUT2D eigenvalue weighted by Crippen LogP contribution is -2.25. The van der Waals surface area contributed by atoms with Crippen molar-refractivity contribution in [2.45, 2.75) is 26.1 Å². The maximum absolute atomic E-state index is 6.16. The van der Waals surface area contributed by atoms with E-state index in [0.717, 1.165) is 40.4 Å². The maximum Gasteiger partial charge on any atom is 0.227 e. The van der Waals surface area contributed by atoms with Gasteiger partial charge in [0.2, 0.25) is 5.95 Å². The minimum Gasteiger partial charge on any atom is -0.492 e. The Bertz CT molecular complexity index is 1150. The summed E-state index contributed by atoms with van der Waals surface area (Å²) in [5.74, 6) is 1.39. The highest BCUT2D eigenvalue weighted by atomic mass is 35.5. The molecule has 0 unspecified atom stereocenters. The molecule has 0 radical (unpaired) electrons. The van der Waals surface area contributed by atoms with Crippen LogP contribution < -0.4 is 10.1 Å². The van der Waals surface area contributed by atoms with E-state index in [4.69, 9.17) is 19.2 Å². The standard InChI is InChI=1S/C28H32N4O3.ClH/c1-2-13-32(12-1)14-17-35-27-9-8-25-19-24(27)21-34-16-4-3-15-33-20-22-6-5-7-23(18-22)26-10-11-29-28(30-25)31-26;/h3-11,18-19H,1-2,12-17,20-21H2,(H,29,30,31);1H/b4-3+;. The van der Waals surface area contributed by atoms with E-state index in [1.165, 1.54) is 25.9 Å². The zero-order valence-electron chi connectivity index (χ0n) is 20.4. The number of benzene rings is 2. The monoisotopic (exact) mass is 508 g/mol. The van der Waals surface area contributed by atoms with E-state index in [9.17, 15) is 0 Å². The predicted molar refractivity (Wildman–Crippen MR) is 144 cm³/mol. The Labute approximate surface area is 218 Å². The second-order valence-corrected chi connectivity index (χ2v) is 8.81. The minimum atomic E-state index is 0. The molecule has 1 N–H and O–H groups in total. The summed E-state index contributed by atoms with van der Waals surface area (Å²) < 4.78 is 17.9. The molecular formula is C28H33ClN4O3. The Kier molecular flexibility index (Phi) is 9.69. The summed E-state index contributed by atoms with van der Waals surface area (Å²) in [6, 6.07) is 16.2. The van der Waals surface area contributed by atoms with Crippen molar-refractivity contribution in [2.24, 2.45) is 0 Å². The number of anilines is 2. The van der Waals surface area contributed by atoms with Crippen molar-refractivity contribution >= 4 is 24.0 Å². The van der Waals surface area contributed by atoms with Crippen molar-refractivity contribution in [1.29, 1.82) is 0 Å². The molecule has 3 heterocycles. The molecule has 2 aliphatic rings. The zero-order chi connectivity index (χ0) is 23.7. The lowest BCUT2D eigenvalue weighted by Gasteiger charge is -2.17. The fourth-order valence-electron chi connectivity index (χ4n) is 4.35. The Morgan fingerprint density at radius 1 is 0.944 bits per heavy atom. The number of hydrogen-bond donors (Lipinski definition) is 1. The lowest BCUT2D eigenvalue weighted by atomic mass is 10.1. The van der Waals surface area contributed by atoms with E-state index in [2.05, 4.69) is 39.5 Å². The van der Waals surface area contributed by atoms with E-state index >= 15 is 0 Å². The molecule has 1 aromatic heterocycles. The first kappa shape index (κ1) is 26.1. The van der Waals surface area contributed by atoms with Crippen LogP contribution in [0.15, 0.2) is 66.9 Å². The fraction of sp³-hybridized carbons (Fsp3) is 0.357. The number of fused-ring (bicyclic) bond motifs is 7. The number of halogens is 1. The third-order valence-electron chi connectivity index (χ3n) is 6.18. The molecule has 5 rings (SSSR count). The highest BCUT2D eigenvalue weighted by Gasteiger charge is 2.13. The molecule has 7 nitrogen and oxygen atoms in total. The van der Waals surface area contributed by atoms with Gasteiger partial charge in [-0.2, -0.15) is 0 Å². The largest absolute Gasteiger partial charge is 0.492 e. The molecule has 36 heavy (non-hydrogen) atoms. The van der Waals surface area contributed by atoms with Crippen molar-refractivity contribution in [3.8, 4) is 17.0 Å². The van der Waals surface area contributed by atoms with E-state index in [0.29, 0.717) is 39.0 Å². The number of rotatable bonds is 4. The Hall–Kier alpha value is -2.97. The van der Waals surface area contributed by atoms with Crippen molar-refractivity contribution in [3.05, 3.63) is 78.0 Å². The second kappa shape index (κ2) is 13.4. The van der Waals surface area contributed by atoms with Crippen LogP contribution in [-0.4, -0.2) is 54.3 Å². The van der Waals surface area contributed by atoms with Crippen LogP contribution in [0.4, 0.5) is 11.6 Å². The highest BCUT2D eigenvalue weighted by Crippen LogP contribution is 2.26. The Morgan fingerprint density at radius 2 is 1.78 bits per heavy atom. The summed E-state index contributed by atoms with van der Waals surface area (Å²) >= 11 is 0. The molecule has 0 saturated carbocycles. The maximum atomic E-state index is 6.16. The summed E-state index contributed by atoms with van der Waals surface area (Å²) in [5, 5.41) is 3.34. The van der Waals surface area contributed by atoms with Crippen molar-refractivity contribution < 1.29 is 14.2 Å². The van der Waals surface area contributed by atoms with Crippen LogP contribution in [0.25, 0.3) is 11.3 Å². The van der Waals surface area contributed by atoms with Crippen molar-refractivity contribution in [2.75, 3.05) is 44.8 Å². The van der Waals surface area contributed by atoms with Gasteiger partial charge in [-0.15, -0.1) is 12.4 Å².